The topological polar surface area (TPSA) is 76.3 Å². The van der Waals surface area contributed by atoms with Crippen LogP contribution in [0.15, 0.2) is 15.3 Å². The standard InChI is InChI=1S/C19H22ClNO4/c20-16-8-14-12-5-1-2-6-13(12)19(23)25-18(14)15(17(16)22)10-21-9-11-4-3-7-24-11/h8,11,21-22H,1-7,9-10H2/p+1/t11-/m1/s1. The van der Waals surface area contributed by atoms with Crippen molar-refractivity contribution in [1.29, 1.82) is 0 Å². The molecule has 0 unspecified atom stereocenters. The quantitative estimate of drug-likeness (QED) is 0.816. The highest BCUT2D eigenvalue weighted by Gasteiger charge is 2.24. The first-order valence-corrected chi connectivity index (χ1v) is 9.45. The minimum absolute atomic E-state index is 0.0108. The third-order valence-electron chi connectivity index (χ3n) is 5.34. The lowest BCUT2D eigenvalue weighted by atomic mass is 9.90. The van der Waals surface area contributed by atoms with E-state index in [1.165, 1.54) is 0 Å². The second-order valence-electron chi connectivity index (χ2n) is 6.98. The monoisotopic (exact) mass is 364 g/mol. The van der Waals surface area contributed by atoms with Gasteiger partial charge in [0.2, 0.25) is 0 Å². The first kappa shape index (κ1) is 16.9. The van der Waals surface area contributed by atoms with Gasteiger partial charge < -0.3 is 19.6 Å². The number of phenols is 1. The summed E-state index contributed by atoms with van der Waals surface area (Å²) in [5, 5.41) is 13.7. The SMILES string of the molecule is O=c1oc2c(C[NH2+]C[C@H]3CCCO3)c(O)c(Cl)cc2c2c1CCCC2. The van der Waals surface area contributed by atoms with Crippen LogP contribution in [0.5, 0.6) is 5.75 Å². The summed E-state index contributed by atoms with van der Waals surface area (Å²) in [6.07, 6.45) is 6.12. The number of aromatic hydroxyl groups is 1. The van der Waals surface area contributed by atoms with E-state index in [-0.39, 0.29) is 17.5 Å². The first-order chi connectivity index (χ1) is 12.1. The van der Waals surface area contributed by atoms with Crippen LogP contribution in [0.2, 0.25) is 5.02 Å². The van der Waals surface area contributed by atoms with Crippen molar-refractivity contribution in [1.82, 2.24) is 0 Å². The smallest absolute Gasteiger partial charge is 0.339 e. The van der Waals surface area contributed by atoms with Gasteiger partial charge in [0.05, 0.1) is 10.6 Å². The molecule has 1 aliphatic carbocycles. The van der Waals surface area contributed by atoms with Gasteiger partial charge in [-0.05, 0) is 50.2 Å². The molecule has 1 aromatic carbocycles. The van der Waals surface area contributed by atoms with E-state index < -0.39 is 0 Å². The van der Waals surface area contributed by atoms with Gasteiger partial charge in [-0.25, -0.2) is 4.79 Å². The molecule has 2 heterocycles. The molecule has 0 spiro atoms. The van der Waals surface area contributed by atoms with Gasteiger partial charge in [0.15, 0.2) is 5.58 Å². The number of phenolic OH excluding ortho intramolecular Hbond substituents is 1. The van der Waals surface area contributed by atoms with E-state index in [1.807, 2.05) is 0 Å². The fourth-order valence-electron chi connectivity index (χ4n) is 4.03. The van der Waals surface area contributed by atoms with Crippen molar-refractivity contribution in [2.45, 2.75) is 51.2 Å². The van der Waals surface area contributed by atoms with Crippen LogP contribution < -0.4 is 10.9 Å². The molecule has 0 bridgehead atoms. The Labute approximate surface area is 150 Å². The second-order valence-corrected chi connectivity index (χ2v) is 7.39. The third kappa shape index (κ3) is 3.16. The van der Waals surface area contributed by atoms with Crippen molar-refractivity contribution in [2.24, 2.45) is 0 Å². The number of aryl methyl sites for hydroxylation is 1. The van der Waals surface area contributed by atoms with Crippen molar-refractivity contribution < 1.29 is 19.6 Å². The van der Waals surface area contributed by atoms with Crippen LogP contribution in [0.25, 0.3) is 11.0 Å². The summed E-state index contributed by atoms with van der Waals surface area (Å²) in [5.74, 6) is 0.0108. The minimum atomic E-state index is -0.274. The van der Waals surface area contributed by atoms with Crippen LogP contribution in [-0.4, -0.2) is 24.4 Å². The molecule has 25 heavy (non-hydrogen) atoms. The Kier molecular flexibility index (Phi) is 4.71. The lowest BCUT2D eigenvalue weighted by molar-refractivity contribution is -0.676. The van der Waals surface area contributed by atoms with Gasteiger partial charge in [-0.1, -0.05) is 11.6 Å². The fourth-order valence-corrected chi connectivity index (χ4v) is 4.25. The Morgan fingerprint density at radius 3 is 2.80 bits per heavy atom. The Morgan fingerprint density at radius 2 is 2.04 bits per heavy atom. The molecular weight excluding hydrogens is 342 g/mol. The molecule has 5 nitrogen and oxygen atoms in total. The molecule has 1 atom stereocenters. The van der Waals surface area contributed by atoms with Gasteiger partial charge in [-0.15, -0.1) is 0 Å². The molecule has 3 N–H and O–H groups in total. The summed E-state index contributed by atoms with van der Waals surface area (Å²) >= 11 is 6.27. The number of hydrogen-bond donors (Lipinski definition) is 2. The fraction of sp³-hybridized carbons (Fsp3) is 0.526. The predicted octanol–water partition coefficient (Wildman–Crippen LogP) is 2.27. The highest BCUT2D eigenvalue weighted by Crippen LogP contribution is 2.37. The molecule has 134 valence electrons. The third-order valence-corrected chi connectivity index (χ3v) is 5.63. The average Bonchev–Trinajstić information content (AvgIpc) is 3.13. The van der Waals surface area contributed by atoms with Crippen molar-refractivity contribution >= 4 is 22.6 Å². The Hall–Kier alpha value is -1.56. The lowest BCUT2D eigenvalue weighted by Crippen LogP contribution is -2.84. The number of hydrogen-bond acceptors (Lipinski definition) is 4. The van der Waals surface area contributed by atoms with E-state index in [1.54, 1.807) is 6.07 Å². The van der Waals surface area contributed by atoms with E-state index in [2.05, 4.69) is 5.32 Å². The number of fused-ring (bicyclic) bond motifs is 3. The highest BCUT2D eigenvalue weighted by atomic mass is 35.5. The van der Waals surface area contributed by atoms with Crippen molar-refractivity contribution in [2.75, 3.05) is 13.2 Å². The zero-order valence-electron chi connectivity index (χ0n) is 14.1. The molecular formula is C19H23ClNO4+. The van der Waals surface area contributed by atoms with E-state index in [0.717, 1.165) is 68.2 Å². The van der Waals surface area contributed by atoms with Crippen LogP contribution in [0, 0.1) is 0 Å². The molecule has 1 aliphatic heterocycles. The van der Waals surface area contributed by atoms with Crippen molar-refractivity contribution in [3.8, 4) is 5.75 Å². The van der Waals surface area contributed by atoms with Crippen LogP contribution >= 0.6 is 11.6 Å². The zero-order valence-corrected chi connectivity index (χ0v) is 14.9. The van der Waals surface area contributed by atoms with Crippen molar-refractivity contribution in [3.63, 3.8) is 0 Å². The molecule has 2 aromatic rings. The van der Waals surface area contributed by atoms with Gasteiger partial charge in [0.25, 0.3) is 0 Å². The van der Waals surface area contributed by atoms with Crippen LogP contribution in [0.4, 0.5) is 0 Å². The van der Waals surface area contributed by atoms with Gasteiger partial charge in [-0.3, -0.25) is 0 Å². The molecule has 0 radical (unpaired) electrons. The maximum Gasteiger partial charge on any atom is 0.339 e. The molecule has 1 saturated heterocycles. The summed E-state index contributed by atoms with van der Waals surface area (Å²) in [6.45, 7) is 2.15. The lowest BCUT2D eigenvalue weighted by Gasteiger charge is -2.18. The molecule has 2 aliphatic rings. The summed E-state index contributed by atoms with van der Waals surface area (Å²) in [7, 11) is 0. The summed E-state index contributed by atoms with van der Waals surface area (Å²) in [5.41, 5.74) is 2.63. The number of ether oxygens (including phenoxy) is 1. The van der Waals surface area contributed by atoms with Crippen LogP contribution in [-0.2, 0) is 24.1 Å². The van der Waals surface area contributed by atoms with Gasteiger partial charge in [0.1, 0.15) is 24.9 Å². The molecule has 0 saturated carbocycles. The van der Waals surface area contributed by atoms with E-state index >= 15 is 0 Å². The molecule has 0 amide bonds. The number of rotatable bonds is 4. The number of benzene rings is 1. The highest BCUT2D eigenvalue weighted by molar-refractivity contribution is 6.33. The molecule has 1 fully saturated rings. The number of quaternary nitrogens is 1. The number of halogens is 1. The van der Waals surface area contributed by atoms with E-state index in [4.69, 9.17) is 20.8 Å². The largest absolute Gasteiger partial charge is 0.506 e. The van der Waals surface area contributed by atoms with Gasteiger partial charge in [0, 0.05) is 17.6 Å². The van der Waals surface area contributed by atoms with Crippen LogP contribution in [0.3, 0.4) is 0 Å². The van der Waals surface area contributed by atoms with Crippen molar-refractivity contribution in [3.05, 3.63) is 38.2 Å². The first-order valence-electron chi connectivity index (χ1n) is 9.07. The molecule has 1 aromatic heterocycles. The second kappa shape index (κ2) is 6.98. The summed E-state index contributed by atoms with van der Waals surface area (Å²) in [6, 6.07) is 1.74. The predicted molar refractivity (Wildman–Crippen MR) is 95.3 cm³/mol. The molecule has 6 heteroatoms. The summed E-state index contributed by atoms with van der Waals surface area (Å²) in [4.78, 5) is 12.4. The maximum atomic E-state index is 12.4. The van der Waals surface area contributed by atoms with E-state index in [9.17, 15) is 9.90 Å². The van der Waals surface area contributed by atoms with Gasteiger partial charge >= 0.3 is 5.63 Å². The maximum absolute atomic E-state index is 12.4. The Morgan fingerprint density at radius 1 is 1.24 bits per heavy atom. The molecule has 4 rings (SSSR count). The Balaban J connectivity index is 1.72. The summed E-state index contributed by atoms with van der Waals surface area (Å²) < 4.78 is 11.3. The minimum Gasteiger partial charge on any atom is -0.506 e. The normalized spacial score (nSPS) is 20.1. The van der Waals surface area contributed by atoms with Gasteiger partial charge in [-0.2, -0.15) is 0 Å². The van der Waals surface area contributed by atoms with Crippen LogP contribution in [0.1, 0.15) is 42.4 Å². The number of nitrogens with two attached hydrogens (primary N) is 1. The zero-order chi connectivity index (χ0) is 17.4. The Bertz CT molecular complexity index is 855. The van der Waals surface area contributed by atoms with E-state index in [0.29, 0.717) is 22.7 Å². The average molecular weight is 365 g/mol.